The van der Waals surface area contributed by atoms with Crippen LogP contribution in [0.4, 0.5) is 0 Å². The van der Waals surface area contributed by atoms with Crippen LogP contribution in [0.1, 0.15) is 22.3 Å². The first-order chi connectivity index (χ1) is 12.0. The molecule has 1 aliphatic rings. The maximum absolute atomic E-state index is 12.0. The Morgan fingerprint density at radius 2 is 2.12 bits per heavy atom. The quantitative estimate of drug-likeness (QED) is 0.441. The summed E-state index contributed by atoms with van der Waals surface area (Å²) in [6, 6.07) is 4.89. The lowest BCUT2D eigenvalue weighted by molar-refractivity contribution is -0.126. The van der Waals surface area contributed by atoms with Crippen LogP contribution in [-0.2, 0) is 14.3 Å². The van der Waals surface area contributed by atoms with Gasteiger partial charge in [0.15, 0.2) is 0 Å². The molecule has 0 N–H and O–H groups in total. The fraction of sp³-hybridized carbons (Fsp3) is 0.278. The molecule has 7 heteroatoms. The van der Waals surface area contributed by atoms with E-state index in [4.69, 9.17) is 21.1 Å². The molecule has 0 bridgehead atoms. The Labute approximate surface area is 150 Å². The van der Waals surface area contributed by atoms with Gasteiger partial charge in [0, 0.05) is 18.7 Å². The zero-order chi connectivity index (χ0) is 18.4. The lowest BCUT2D eigenvalue weighted by Crippen LogP contribution is -2.36. The monoisotopic (exact) mass is 363 g/mol. The summed E-state index contributed by atoms with van der Waals surface area (Å²) < 4.78 is 9.87. The van der Waals surface area contributed by atoms with Crippen molar-refractivity contribution in [3.05, 3.63) is 46.0 Å². The Hall–Kier alpha value is -2.60. The Kier molecular flexibility index (Phi) is 6.36. The fourth-order valence-electron chi connectivity index (χ4n) is 2.47. The lowest BCUT2D eigenvalue weighted by Gasteiger charge is -2.25. The predicted octanol–water partition coefficient (Wildman–Crippen LogP) is 2.42. The number of aldehydes is 1. The lowest BCUT2D eigenvalue weighted by atomic mass is 10.1. The van der Waals surface area contributed by atoms with Gasteiger partial charge in [0.1, 0.15) is 22.6 Å². The molecule has 132 valence electrons. The number of benzene rings is 1. The van der Waals surface area contributed by atoms with E-state index in [1.165, 1.54) is 19.1 Å². The standard InChI is InChI=1S/C18H18ClNO5/c1-24-16-6-5-12(9-14(16)18(23)25-2)8-13(11-21)10-20-7-3-4-15(19)17(20)22/h4-6,8-9,11H,3,7,10H2,1-2H3/b13-8-. The number of carbonyl (C=O) groups is 3. The van der Waals surface area contributed by atoms with E-state index in [-0.39, 0.29) is 23.0 Å². The second-order valence-electron chi connectivity index (χ2n) is 5.36. The van der Waals surface area contributed by atoms with Gasteiger partial charge < -0.3 is 14.4 Å². The molecule has 0 saturated carbocycles. The minimum absolute atomic E-state index is 0.145. The molecule has 0 spiro atoms. The van der Waals surface area contributed by atoms with Crippen LogP contribution in [-0.4, -0.2) is 50.4 Å². The number of carbonyl (C=O) groups excluding carboxylic acids is 3. The van der Waals surface area contributed by atoms with Gasteiger partial charge in [-0.3, -0.25) is 9.59 Å². The maximum Gasteiger partial charge on any atom is 0.341 e. The molecule has 0 unspecified atom stereocenters. The number of nitrogens with zero attached hydrogens (tertiary/aromatic N) is 1. The van der Waals surface area contributed by atoms with Gasteiger partial charge in [0.2, 0.25) is 0 Å². The van der Waals surface area contributed by atoms with Crippen molar-refractivity contribution in [1.29, 1.82) is 0 Å². The minimum Gasteiger partial charge on any atom is -0.496 e. The molecular formula is C18H18ClNO5. The van der Waals surface area contributed by atoms with Gasteiger partial charge in [0.25, 0.3) is 5.91 Å². The highest BCUT2D eigenvalue weighted by Crippen LogP contribution is 2.22. The second kappa shape index (κ2) is 8.48. The number of rotatable bonds is 6. The molecule has 1 aromatic rings. The van der Waals surface area contributed by atoms with Crippen LogP contribution in [0.2, 0.25) is 0 Å². The van der Waals surface area contributed by atoms with Gasteiger partial charge in [-0.2, -0.15) is 0 Å². The van der Waals surface area contributed by atoms with Crippen LogP contribution in [0.15, 0.2) is 34.9 Å². The topological polar surface area (TPSA) is 72.9 Å². The Bertz CT molecular complexity index is 754. The maximum atomic E-state index is 12.0. The van der Waals surface area contributed by atoms with Crippen LogP contribution in [0.3, 0.4) is 0 Å². The number of methoxy groups -OCH3 is 2. The van der Waals surface area contributed by atoms with Crippen LogP contribution >= 0.6 is 11.6 Å². The zero-order valence-corrected chi connectivity index (χ0v) is 14.7. The summed E-state index contributed by atoms with van der Waals surface area (Å²) in [5, 5.41) is 0.161. The van der Waals surface area contributed by atoms with Crippen LogP contribution < -0.4 is 4.74 Å². The average molecular weight is 364 g/mol. The molecule has 0 aromatic heterocycles. The average Bonchev–Trinajstić information content (AvgIpc) is 2.63. The predicted molar refractivity (Wildman–Crippen MR) is 93.5 cm³/mol. The van der Waals surface area contributed by atoms with Gasteiger partial charge in [-0.05, 0) is 30.2 Å². The molecule has 25 heavy (non-hydrogen) atoms. The normalized spacial score (nSPS) is 14.8. The number of hydrogen-bond donors (Lipinski definition) is 0. The van der Waals surface area contributed by atoms with E-state index in [9.17, 15) is 14.4 Å². The summed E-state index contributed by atoms with van der Waals surface area (Å²) in [5.41, 5.74) is 1.26. The first-order valence-corrected chi connectivity index (χ1v) is 7.95. The van der Waals surface area contributed by atoms with Crippen molar-refractivity contribution < 1.29 is 23.9 Å². The number of ether oxygens (including phenoxy) is 2. The van der Waals surface area contributed by atoms with E-state index in [0.29, 0.717) is 36.1 Å². The van der Waals surface area contributed by atoms with E-state index in [0.717, 1.165) is 0 Å². The highest BCUT2D eigenvalue weighted by atomic mass is 35.5. The molecular weight excluding hydrogens is 346 g/mol. The Morgan fingerprint density at radius 3 is 2.76 bits per heavy atom. The molecule has 1 amide bonds. The van der Waals surface area contributed by atoms with E-state index < -0.39 is 5.97 Å². The van der Waals surface area contributed by atoms with Crippen LogP contribution in [0, 0.1) is 0 Å². The summed E-state index contributed by atoms with van der Waals surface area (Å²) in [6.07, 6.45) is 4.60. The number of hydrogen-bond acceptors (Lipinski definition) is 5. The smallest absolute Gasteiger partial charge is 0.341 e. The molecule has 1 aromatic carbocycles. The Balaban J connectivity index is 2.27. The van der Waals surface area contributed by atoms with Gasteiger partial charge in [0.05, 0.1) is 14.2 Å². The van der Waals surface area contributed by atoms with Gasteiger partial charge in [-0.1, -0.05) is 23.7 Å². The number of amides is 1. The van der Waals surface area contributed by atoms with E-state index in [1.807, 2.05) is 0 Å². The number of halogens is 1. The Morgan fingerprint density at radius 1 is 1.36 bits per heavy atom. The molecule has 0 saturated heterocycles. The molecule has 2 rings (SSSR count). The van der Waals surface area contributed by atoms with Crippen molar-refractivity contribution in [2.75, 3.05) is 27.3 Å². The number of esters is 1. The van der Waals surface area contributed by atoms with Crippen LogP contribution in [0.25, 0.3) is 6.08 Å². The van der Waals surface area contributed by atoms with Crippen molar-refractivity contribution in [1.82, 2.24) is 4.90 Å². The molecule has 0 fully saturated rings. The summed E-state index contributed by atoms with van der Waals surface area (Å²) in [5.74, 6) is -0.465. The largest absolute Gasteiger partial charge is 0.496 e. The molecule has 1 heterocycles. The minimum atomic E-state index is -0.539. The highest BCUT2D eigenvalue weighted by Gasteiger charge is 2.21. The van der Waals surface area contributed by atoms with Gasteiger partial charge in [-0.25, -0.2) is 4.79 Å². The van der Waals surface area contributed by atoms with Crippen molar-refractivity contribution in [2.45, 2.75) is 6.42 Å². The van der Waals surface area contributed by atoms with Gasteiger partial charge >= 0.3 is 5.97 Å². The molecule has 1 aliphatic heterocycles. The summed E-state index contributed by atoms with van der Waals surface area (Å²) in [6.45, 7) is 0.641. The highest BCUT2D eigenvalue weighted by molar-refractivity contribution is 6.42. The zero-order valence-electron chi connectivity index (χ0n) is 14.0. The van der Waals surface area contributed by atoms with Crippen molar-refractivity contribution in [2.24, 2.45) is 0 Å². The van der Waals surface area contributed by atoms with E-state index in [2.05, 4.69) is 0 Å². The van der Waals surface area contributed by atoms with E-state index in [1.54, 1.807) is 30.4 Å². The molecule has 0 aliphatic carbocycles. The first-order valence-electron chi connectivity index (χ1n) is 7.57. The van der Waals surface area contributed by atoms with Gasteiger partial charge in [-0.15, -0.1) is 0 Å². The molecule has 6 nitrogen and oxygen atoms in total. The third-order valence-electron chi connectivity index (χ3n) is 3.72. The summed E-state index contributed by atoms with van der Waals surface area (Å²) in [7, 11) is 2.73. The third kappa shape index (κ3) is 4.48. The molecule has 0 atom stereocenters. The first kappa shape index (κ1) is 18.7. The summed E-state index contributed by atoms with van der Waals surface area (Å²) >= 11 is 5.85. The SMILES string of the molecule is COC(=O)c1cc(/C=C(\C=O)CN2CCC=C(Cl)C2=O)ccc1OC. The second-order valence-corrected chi connectivity index (χ2v) is 5.76. The van der Waals surface area contributed by atoms with E-state index >= 15 is 0 Å². The van der Waals surface area contributed by atoms with Crippen LogP contribution in [0.5, 0.6) is 5.75 Å². The summed E-state index contributed by atoms with van der Waals surface area (Å²) in [4.78, 5) is 36.7. The van der Waals surface area contributed by atoms with Crippen molar-refractivity contribution in [3.8, 4) is 5.75 Å². The molecule has 0 radical (unpaired) electrons. The third-order valence-corrected chi connectivity index (χ3v) is 4.04. The van der Waals surface area contributed by atoms with Crippen molar-refractivity contribution >= 4 is 35.8 Å². The van der Waals surface area contributed by atoms with Crippen molar-refractivity contribution in [3.63, 3.8) is 0 Å². The fourth-order valence-corrected chi connectivity index (χ4v) is 2.70.